The predicted molar refractivity (Wildman–Crippen MR) is 86.8 cm³/mol. The molecule has 26 heavy (non-hydrogen) atoms. The summed E-state index contributed by atoms with van der Waals surface area (Å²) in [6.07, 6.45) is -1.76. The number of nitrogens with zero attached hydrogens (tertiary/aromatic N) is 2. The normalized spacial score (nSPS) is 11.3. The van der Waals surface area contributed by atoms with Gasteiger partial charge in [0.15, 0.2) is 11.6 Å². The van der Waals surface area contributed by atoms with E-state index in [-0.39, 0.29) is 23.8 Å². The maximum Gasteiger partial charge on any atom is 0.416 e. The number of rotatable bonds is 4. The number of furan rings is 1. The van der Waals surface area contributed by atoms with Crippen molar-refractivity contribution in [3.05, 3.63) is 65.5 Å². The molecule has 0 aliphatic heterocycles. The van der Waals surface area contributed by atoms with E-state index >= 15 is 0 Å². The zero-order valence-corrected chi connectivity index (χ0v) is 13.2. The first kappa shape index (κ1) is 17.5. The first-order valence-electron chi connectivity index (χ1n) is 7.45. The first-order chi connectivity index (χ1) is 12.3. The number of amides is 1. The lowest BCUT2D eigenvalue weighted by Gasteiger charge is -2.10. The Balaban J connectivity index is 1.71. The fourth-order valence-electron chi connectivity index (χ4n) is 2.23. The Hall–Kier alpha value is -3.36. The van der Waals surface area contributed by atoms with Gasteiger partial charge >= 0.3 is 6.18 Å². The molecule has 0 atom stereocenters. The molecule has 3 N–H and O–H groups in total. The van der Waals surface area contributed by atoms with Gasteiger partial charge in [-0.05, 0) is 29.8 Å². The van der Waals surface area contributed by atoms with Crippen molar-refractivity contribution in [2.45, 2.75) is 12.7 Å². The van der Waals surface area contributed by atoms with Gasteiger partial charge in [-0.2, -0.15) is 13.2 Å². The molecule has 2 aromatic heterocycles. The van der Waals surface area contributed by atoms with Crippen LogP contribution in [0.4, 0.5) is 19.0 Å². The second-order valence-electron chi connectivity index (χ2n) is 5.35. The van der Waals surface area contributed by atoms with Crippen molar-refractivity contribution in [1.82, 2.24) is 15.3 Å². The van der Waals surface area contributed by atoms with Gasteiger partial charge in [0, 0.05) is 12.7 Å². The van der Waals surface area contributed by atoms with Crippen LogP contribution in [-0.2, 0) is 12.7 Å². The van der Waals surface area contributed by atoms with Crippen molar-refractivity contribution in [2.24, 2.45) is 0 Å². The number of nitrogens with one attached hydrogen (secondary N) is 1. The van der Waals surface area contributed by atoms with Gasteiger partial charge in [-0.3, -0.25) is 4.79 Å². The number of hydrogen-bond donors (Lipinski definition) is 2. The molecule has 0 bridgehead atoms. The Morgan fingerprint density at radius 2 is 2.04 bits per heavy atom. The van der Waals surface area contributed by atoms with Gasteiger partial charge in [0.1, 0.15) is 5.82 Å². The van der Waals surface area contributed by atoms with E-state index < -0.39 is 17.6 Å². The van der Waals surface area contributed by atoms with Gasteiger partial charge in [0.2, 0.25) is 0 Å². The standard InChI is InChI=1S/C17H13F3N4O2/c18-17(19,20)11-4-1-3-10(7-11)8-23-16(25)12-9-22-15(24-14(12)21)13-5-2-6-26-13/h1-7,9H,8H2,(H,23,25)(H2,21,22,24). The molecule has 3 rings (SSSR count). The van der Waals surface area contributed by atoms with Crippen molar-refractivity contribution >= 4 is 11.7 Å². The minimum absolute atomic E-state index is 0.0206. The summed E-state index contributed by atoms with van der Waals surface area (Å²) in [7, 11) is 0. The zero-order valence-electron chi connectivity index (χ0n) is 13.2. The molecule has 0 aliphatic carbocycles. The highest BCUT2D eigenvalue weighted by molar-refractivity contribution is 5.98. The molecule has 0 saturated carbocycles. The summed E-state index contributed by atoms with van der Waals surface area (Å²) in [4.78, 5) is 20.2. The molecule has 134 valence electrons. The SMILES string of the molecule is Nc1nc(-c2ccco2)ncc1C(=O)NCc1cccc(C(F)(F)F)c1. The van der Waals surface area contributed by atoms with Crippen LogP contribution >= 0.6 is 0 Å². The van der Waals surface area contributed by atoms with E-state index in [1.165, 1.54) is 24.6 Å². The molecule has 0 spiro atoms. The second-order valence-corrected chi connectivity index (χ2v) is 5.35. The number of carbonyl (C=O) groups is 1. The molecule has 0 aliphatic rings. The number of carbonyl (C=O) groups excluding carboxylic acids is 1. The van der Waals surface area contributed by atoms with Gasteiger partial charge in [-0.25, -0.2) is 9.97 Å². The molecule has 0 saturated heterocycles. The fourth-order valence-corrected chi connectivity index (χ4v) is 2.23. The number of halogens is 3. The number of benzene rings is 1. The Bertz CT molecular complexity index is 924. The van der Waals surface area contributed by atoms with Crippen molar-refractivity contribution in [1.29, 1.82) is 0 Å². The van der Waals surface area contributed by atoms with Crippen molar-refractivity contribution < 1.29 is 22.4 Å². The van der Waals surface area contributed by atoms with Crippen LogP contribution in [0.1, 0.15) is 21.5 Å². The number of alkyl halides is 3. The van der Waals surface area contributed by atoms with Crippen LogP contribution in [0.25, 0.3) is 11.6 Å². The lowest BCUT2D eigenvalue weighted by molar-refractivity contribution is -0.137. The van der Waals surface area contributed by atoms with Crippen LogP contribution in [0.5, 0.6) is 0 Å². The predicted octanol–water partition coefficient (Wildman–Crippen LogP) is 3.27. The molecular formula is C17H13F3N4O2. The lowest BCUT2D eigenvalue weighted by atomic mass is 10.1. The van der Waals surface area contributed by atoms with Gasteiger partial charge in [0.25, 0.3) is 5.91 Å². The highest BCUT2D eigenvalue weighted by atomic mass is 19.4. The quantitative estimate of drug-likeness (QED) is 0.743. The Morgan fingerprint density at radius 1 is 1.23 bits per heavy atom. The number of anilines is 1. The Labute approximate surface area is 145 Å². The van der Waals surface area contributed by atoms with Crippen molar-refractivity contribution in [2.75, 3.05) is 5.73 Å². The van der Waals surface area contributed by atoms with Crippen LogP contribution in [0.3, 0.4) is 0 Å². The summed E-state index contributed by atoms with van der Waals surface area (Å²) < 4.78 is 43.3. The molecule has 3 aromatic rings. The van der Waals surface area contributed by atoms with Gasteiger partial charge in [0.05, 0.1) is 17.4 Å². The maximum atomic E-state index is 12.7. The van der Waals surface area contributed by atoms with E-state index in [2.05, 4.69) is 15.3 Å². The minimum atomic E-state index is -4.44. The largest absolute Gasteiger partial charge is 0.461 e. The van der Waals surface area contributed by atoms with Crippen LogP contribution < -0.4 is 11.1 Å². The van der Waals surface area contributed by atoms with Gasteiger partial charge in [-0.1, -0.05) is 12.1 Å². The minimum Gasteiger partial charge on any atom is -0.461 e. The van der Waals surface area contributed by atoms with Crippen LogP contribution in [0.2, 0.25) is 0 Å². The van der Waals surface area contributed by atoms with Crippen molar-refractivity contribution in [3.63, 3.8) is 0 Å². The first-order valence-corrected chi connectivity index (χ1v) is 7.45. The smallest absolute Gasteiger partial charge is 0.416 e. The van der Waals surface area contributed by atoms with E-state index in [1.807, 2.05) is 0 Å². The van der Waals surface area contributed by atoms with Gasteiger partial charge in [-0.15, -0.1) is 0 Å². The molecule has 0 radical (unpaired) electrons. The average Bonchev–Trinajstić information content (AvgIpc) is 3.14. The molecule has 2 heterocycles. The molecule has 0 unspecified atom stereocenters. The van der Waals surface area contributed by atoms with E-state index in [4.69, 9.17) is 10.2 Å². The summed E-state index contributed by atoms with van der Waals surface area (Å²) >= 11 is 0. The maximum absolute atomic E-state index is 12.7. The number of nitrogens with two attached hydrogens (primary N) is 1. The molecular weight excluding hydrogens is 349 g/mol. The number of hydrogen-bond acceptors (Lipinski definition) is 5. The zero-order chi connectivity index (χ0) is 18.7. The highest BCUT2D eigenvalue weighted by Crippen LogP contribution is 2.29. The number of aromatic nitrogens is 2. The van der Waals surface area contributed by atoms with Crippen LogP contribution in [0.15, 0.2) is 53.3 Å². The molecule has 1 aromatic carbocycles. The van der Waals surface area contributed by atoms with E-state index in [0.717, 1.165) is 12.1 Å². The van der Waals surface area contributed by atoms with Gasteiger partial charge < -0.3 is 15.5 Å². The molecule has 9 heteroatoms. The van der Waals surface area contributed by atoms with Crippen molar-refractivity contribution in [3.8, 4) is 11.6 Å². The molecule has 0 fully saturated rings. The third kappa shape index (κ3) is 3.82. The third-order valence-corrected chi connectivity index (χ3v) is 3.51. The second kappa shape index (κ2) is 6.87. The van der Waals surface area contributed by atoms with E-state index in [0.29, 0.717) is 11.3 Å². The number of nitrogen functional groups attached to an aromatic ring is 1. The van der Waals surface area contributed by atoms with E-state index in [9.17, 15) is 18.0 Å². The lowest BCUT2D eigenvalue weighted by Crippen LogP contribution is -2.24. The van der Waals surface area contributed by atoms with Crippen LogP contribution in [0, 0.1) is 0 Å². The Kier molecular flexibility index (Phi) is 4.61. The Morgan fingerprint density at radius 3 is 2.69 bits per heavy atom. The summed E-state index contributed by atoms with van der Waals surface area (Å²) in [6, 6.07) is 7.99. The fraction of sp³-hybridized carbons (Fsp3) is 0.118. The third-order valence-electron chi connectivity index (χ3n) is 3.51. The topological polar surface area (TPSA) is 94.0 Å². The molecule has 1 amide bonds. The summed E-state index contributed by atoms with van der Waals surface area (Å²) in [5.41, 5.74) is 5.32. The molecule has 6 nitrogen and oxygen atoms in total. The van der Waals surface area contributed by atoms with E-state index in [1.54, 1.807) is 12.1 Å². The average molecular weight is 362 g/mol. The summed E-state index contributed by atoms with van der Waals surface area (Å²) in [6.45, 7) is -0.0951. The monoisotopic (exact) mass is 362 g/mol. The summed E-state index contributed by atoms with van der Waals surface area (Å²) in [5.74, 6) is -0.0339. The summed E-state index contributed by atoms with van der Waals surface area (Å²) in [5, 5.41) is 2.50. The van der Waals surface area contributed by atoms with Crippen LogP contribution in [-0.4, -0.2) is 15.9 Å². The highest BCUT2D eigenvalue weighted by Gasteiger charge is 2.30.